The first kappa shape index (κ1) is 21.2. The Bertz CT molecular complexity index is 1110. The maximum absolute atomic E-state index is 14.2. The van der Waals surface area contributed by atoms with Crippen molar-refractivity contribution in [2.24, 2.45) is 0 Å². The van der Waals surface area contributed by atoms with E-state index in [1.807, 2.05) is 6.92 Å². The molecule has 1 aliphatic rings. The van der Waals surface area contributed by atoms with Gasteiger partial charge < -0.3 is 9.47 Å². The standard InChI is InChI=1S/C22H24F2N4O3/c1-13-11-18(31-15(3)19-16(23)5-4-6-17(19)24)21-25-14(2)20(28(21)12-13)22(29)26-27-7-9-30-10-8-27/h4-6,11-12,15H,7-10H2,1-3H3,(H,26,29). The van der Waals surface area contributed by atoms with Crippen molar-refractivity contribution in [1.82, 2.24) is 19.8 Å². The van der Waals surface area contributed by atoms with Crippen molar-refractivity contribution in [3.63, 3.8) is 0 Å². The van der Waals surface area contributed by atoms with E-state index in [1.54, 1.807) is 35.5 Å². The van der Waals surface area contributed by atoms with E-state index in [1.165, 1.54) is 18.2 Å². The fourth-order valence-electron chi connectivity index (χ4n) is 3.74. The maximum atomic E-state index is 14.2. The summed E-state index contributed by atoms with van der Waals surface area (Å²) in [6.07, 6.45) is 0.888. The number of hydrazine groups is 1. The summed E-state index contributed by atoms with van der Waals surface area (Å²) in [7, 11) is 0. The zero-order chi connectivity index (χ0) is 22.1. The zero-order valence-corrected chi connectivity index (χ0v) is 17.6. The van der Waals surface area contributed by atoms with Crippen LogP contribution >= 0.6 is 0 Å². The van der Waals surface area contributed by atoms with Crippen LogP contribution in [-0.2, 0) is 4.74 Å². The topological polar surface area (TPSA) is 68.1 Å². The average Bonchev–Trinajstić information content (AvgIpc) is 3.04. The third-order valence-corrected chi connectivity index (χ3v) is 5.19. The molecule has 0 saturated carbocycles. The smallest absolute Gasteiger partial charge is 0.284 e. The summed E-state index contributed by atoms with van der Waals surface area (Å²) in [6.45, 7) is 7.45. The molecule has 7 nitrogen and oxygen atoms in total. The number of pyridine rings is 1. The van der Waals surface area contributed by atoms with Crippen LogP contribution in [0.4, 0.5) is 8.78 Å². The number of halogens is 2. The number of aromatic nitrogens is 2. The molecule has 1 aliphatic heterocycles. The molecule has 1 unspecified atom stereocenters. The number of benzene rings is 1. The summed E-state index contributed by atoms with van der Waals surface area (Å²) < 4.78 is 41.3. The summed E-state index contributed by atoms with van der Waals surface area (Å²) in [5, 5.41) is 1.81. The van der Waals surface area contributed by atoms with Gasteiger partial charge in [0, 0.05) is 19.3 Å². The molecule has 3 aromatic rings. The summed E-state index contributed by atoms with van der Waals surface area (Å²) >= 11 is 0. The Labute approximate surface area is 178 Å². The molecule has 0 radical (unpaired) electrons. The molecule has 1 N–H and O–H groups in total. The molecule has 0 spiro atoms. The fraction of sp³-hybridized carbons (Fsp3) is 0.364. The second kappa shape index (κ2) is 8.60. The van der Waals surface area contributed by atoms with E-state index in [0.717, 1.165) is 5.56 Å². The third kappa shape index (κ3) is 4.24. The number of ether oxygens (including phenoxy) is 2. The van der Waals surface area contributed by atoms with Crippen molar-refractivity contribution in [2.75, 3.05) is 26.3 Å². The van der Waals surface area contributed by atoms with Crippen LogP contribution in [0.1, 0.15) is 40.3 Å². The second-order valence-corrected chi connectivity index (χ2v) is 7.56. The van der Waals surface area contributed by atoms with Gasteiger partial charge in [-0.3, -0.25) is 14.6 Å². The highest BCUT2D eigenvalue weighted by atomic mass is 19.1. The Morgan fingerprint density at radius 2 is 1.90 bits per heavy atom. The van der Waals surface area contributed by atoms with Crippen LogP contribution in [0.15, 0.2) is 30.5 Å². The van der Waals surface area contributed by atoms with Gasteiger partial charge in [-0.05, 0) is 44.5 Å². The number of aryl methyl sites for hydroxylation is 2. The Kier molecular flexibility index (Phi) is 5.88. The fourth-order valence-corrected chi connectivity index (χ4v) is 3.74. The Morgan fingerprint density at radius 3 is 2.58 bits per heavy atom. The summed E-state index contributed by atoms with van der Waals surface area (Å²) in [5.74, 6) is -1.32. The highest BCUT2D eigenvalue weighted by Gasteiger charge is 2.24. The highest BCUT2D eigenvalue weighted by Crippen LogP contribution is 2.30. The molecule has 2 aromatic heterocycles. The predicted octanol–water partition coefficient (Wildman–Crippen LogP) is 3.35. The molecule has 164 valence electrons. The van der Waals surface area contributed by atoms with E-state index in [2.05, 4.69) is 10.4 Å². The lowest BCUT2D eigenvalue weighted by molar-refractivity contribution is 0.0124. The number of carbonyl (C=O) groups is 1. The van der Waals surface area contributed by atoms with Gasteiger partial charge in [-0.1, -0.05) is 6.07 Å². The number of amides is 1. The Balaban J connectivity index is 1.68. The molecule has 1 saturated heterocycles. The minimum Gasteiger partial charge on any atom is -0.482 e. The molecule has 0 bridgehead atoms. The van der Waals surface area contributed by atoms with Crippen molar-refractivity contribution in [3.8, 4) is 5.75 Å². The van der Waals surface area contributed by atoms with Crippen molar-refractivity contribution < 1.29 is 23.0 Å². The van der Waals surface area contributed by atoms with E-state index < -0.39 is 17.7 Å². The maximum Gasteiger partial charge on any atom is 0.284 e. The molecule has 1 amide bonds. The normalized spacial score (nSPS) is 15.8. The van der Waals surface area contributed by atoms with E-state index in [4.69, 9.17) is 9.47 Å². The van der Waals surface area contributed by atoms with Gasteiger partial charge in [-0.15, -0.1) is 0 Å². The number of nitrogens with one attached hydrogen (secondary N) is 1. The molecule has 4 rings (SSSR count). The summed E-state index contributed by atoms with van der Waals surface area (Å²) in [4.78, 5) is 17.5. The SMILES string of the molecule is Cc1cc(OC(C)c2c(F)cccc2F)c2nc(C)c(C(=O)NN3CCOCC3)n2c1. The second-order valence-electron chi connectivity index (χ2n) is 7.56. The number of imidazole rings is 1. The molecule has 1 aromatic carbocycles. The lowest BCUT2D eigenvalue weighted by atomic mass is 10.1. The largest absolute Gasteiger partial charge is 0.482 e. The van der Waals surface area contributed by atoms with Crippen LogP contribution in [0, 0.1) is 25.5 Å². The molecular weight excluding hydrogens is 406 g/mol. The number of morpholine rings is 1. The van der Waals surface area contributed by atoms with Crippen LogP contribution in [-0.4, -0.2) is 46.6 Å². The number of fused-ring (bicyclic) bond motifs is 1. The van der Waals surface area contributed by atoms with Gasteiger partial charge in [-0.25, -0.2) is 18.8 Å². The van der Waals surface area contributed by atoms with Crippen LogP contribution in [0.3, 0.4) is 0 Å². The quantitative estimate of drug-likeness (QED) is 0.673. The third-order valence-electron chi connectivity index (χ3n) is 5.19. The van der Waals surface area contributed by atoms with Gasteiger partial charge in [0.05, 0.1) is 24.5 Å². The van der Waals surface area contributed by atoms with Gasteiger partial charge in [0.2, 0.25) is 0 Å². The van der Waals surface area contributed by atoms with Crippen molar-refractivity contribution in [1.29, 1.82) is 0 Å². The molecule has 1 atom stereocenters. The first-order chi connectivity index (χ1) is 14.8. The number of nitrogens with zero attached hydrogens (tertiary/aromatic N) is 3. The summed E-state index contributed by atoms with van der Waals surface area (Å²) in [6, 6.07) is 5.43. The first-order valence-electron chi connectivity index (χ1n) is 10.1. The van der Waals surface area contributed by atoms with Crippen molar-refractivity contribution >= 4 is 11.6 Å². The molecule has 0 aliphatic carbocycles. The zero-order valence-electron chi connectivity index (χ0n) is 17.6. The summed E-state index contributed by atoms with van der Waals surface area (Å²) in [5.41, 5.74) is 4.83. The van der Waals surface area contributed by atoms with Gasteiger partial charge in [0.25, 0.3) is 5.91 Å². The van der Waals surface area contributed by atoms with Crippen molar-refractivity contribution in [3.05, 3.63) is 64.6 Å². The minimum absolute atomic E-state index is 0.157. The molecule has 9 heteroatoms. The highest BCUT2D eigenvalue weighted by molar-refractivity contribution is 5.94. The monoisotopic (exact) mass is 430 g/mol. The van der Waals surface area contributed by atoms with Crippen LogP contribution in [0.25, 0.3) is 5.65 Å². The molecular formula is C22H24F2N4O3. The van der Waals surface area contributed by atoms with Crippen LogP contribution in [0.5, 0.6) is 5.75 Å². The van der Waals surface area contributed by atoms with Gasteiger partial charge in [0.1, 0.15) is 23.4 Å². The number of hydrogen-bond acceptors (Lipinski definition) is 5. The Hall–Kier alpha value is -3.04. The lowest BCUT2D eigenvalue weighted by Gasteiger charge is -2.26. The van der Waals surface area contributed by atoms with Crippen molar-refractivity contribution in [2.45, 2.75) is 26.9 Å². The number of carbonyl (C=O) groups excluding carboxylic acids is 1. The lowest BCUT2D eigenvalue weighted by Crippen LogP contribution is -2.48. The van der Waals surface area contributed by atoms with Gasteiger partial charge in [0.15, 0.2) is 11.4 Å². The predicted molar refractivity (Wildman–Crippen MR) is 110 cm³/mol. The van der Waals surface area contributed by atoms with E-state index >= 15 is 0 Å². The minimum atomic E-state index is -0.894. The van der Waals surface area contributed by atoms with E-state index in [-0.39, 0.29) is 11.5 Å². The van der Waals surface area contributed by atoms with Crippen LogP contribution < -0.4 is 10.2 Å². The first-order valence-corrected chi connectivity index (χ1v) is 10.1. The molecule has 1 fully saturated rings. The number of hydrogen-bond donors (Lipinski definition) is 1. The van der Waals surface area contributed by atoms with E-state index in [9.17, 15) is 13.6 Å². The van der Waals surface area contributed by atoms with Gasteiger partial charge in [-0.2, -0.15) is 0 Å². The molecule has 31 heavy (non-hydrogen) atoms. The van der Waals surface area contributed by atoms with E-state index in [0.29, 0.717) is 49.1 Å². The molecule has 3 heterocycles. The Morgan fingerprint density at radius 1 is 1.23 bits per heavy atom. The van der Waals surface area contributed by atoms with Gasteiger partial charge >= 0.3 is 0 Å². The average molecular weight is 430 g/mol. The van der Waals surface area contributed by atoms with Crippen LogP contribution in [0.2, 0.25) is 0 Å². The number of rotatable bonds is 5.